The number of benzene rings is 2. The monoisotopic (exact) mass is 640 g/mol. The van der Waals surface area contributed by atoms with Crippen molar-refractivity contribution in [3.05, 3.63) is 54.1 Å². The molecule has 2 N–H and O–H groups in total. The number of rotatable bonds is 22. The van der Waals surface area contributed by atoms with Gasteiger partial charge in [-0.05, 0) is 48.9 Å². The van der Waals surface area contributed by atoms with Crippen LogP contribution in [0.15, 0.2) is 48.5 Å². The van der Waals surface area contributed by atoms with Crippen molar-refractivity contribution in [3.8, 4) is 5.75 Å². The molecule has 0 atom stereocenters. The van der Waals surface area contributed by atoms with Crippen LogP contribution in [0.5, 0.6) is 5.75 Å². The van der Waals surface area contributed by atoms with Crippen LogP contribution in [-0.2, 0) is 14.8 Å². The number of nitrogens with one attached hydrogen (secondary N) is 2. The minimum atomic E-state index is -3.56. The number of carbonyl (C=O) groups excluding carboxylic acids is 2. The third kappa shape index (κ3) is 13.3. The van der Waals surface area contributed by atoms with Crippen LogP contribution in [0.25, 0.3) is 0 Å². The summed E-state index contributed by atoms with van der Waals surface area (Å²) in [5.41, 5.74) is 0.667. The molecule has 2 aromatic carbocycles. The number of ketones is 1. The molecule has 1 amide bonds. The molecule has 7 nitrogen and oxygen atoms in total. The number of halogens is 2. The van der Waals surface area contributed by atoms with Gasteiger partial charge in [-0.1, -0.05) is 120 Å². The number of carbonyl (C=O) groups is 2. The van der Waals surface area contributed by atoms with E-state index in [1.165, 1.54) is 89.5 Å². The number of Topliss-reactive ketones (excluding diaryl/α,β-unsaturated/α-hetero) is 1. The number of hydrogen-bond acceptors (Lipinski definition) is 5. The molecule has 0 bridgehead atoms. The zero-order chi connectivity index (χ0) is 30.8. The van der Waals surface area contributed by atoms with E-state index in [9.17, 15) is 18.0 Å². The predicted octanol–water partition coefficient (Wildman–Crippen LogP) is 8.91. The number of hydrogen-bond donors (Lipinski definition) is 2. The van der Waals surface area contributed by atoms with Gasteiger partial charge in [-0.3, -0.25) is 14.3 Å². The van der Waals surface area contributed by atoms with E-state index in [-0.39, 0.29) is 22.7 Å². The molecular weight excluding hydrogens is 595 g/mol. The summed E-state index contributed by atoms with van der Waals surface area (Å²) < 4.78 is 30.4. The van der Waals surface area contributed by atoms with Crippen molar-refractivity contribution in [2.75, 3.05) is 22.9 Å². The molecular formula is C32H46Cl2N2O5S. The van der Waals surface area contributed by atoms with E-state index in [4.69, 9.17) is 27.9 Å². The third-order valence-corrected chi connectivity index (χ3v) is 9.14. The lowest BCUT2D eigenvalue weighted by Gasteiger charge is -2.18. The van der Waals surface area contributed by atoms with Gasteiger partial charge in [0, 0.05) is 11.3 Å². The lowest BCUT2D eigenvalue weighted by molar-refractivity contribution is -0.116. The van der Waals surface area contributed by atoms with Gasteiger partial charge in [0.05, 0.1) is 18.6 Å². The van der Waals surface area contributed by atoms with Crippen molar-refractivity contribution in [2.45, 2.75) is 101 Å². The summed E-state index contributed by atoms with van der Waals surface area (Å²) in [5, 5.41) is 2.50. The summed E-state index contributed by atoms with van der Waals surface area (Å²) in [5.74, 6) is -1.19. The first-order valence-corrected chi connectivity index (χ1v) is 17.5. The van der Waals surface area contributed by atoms with Crippen LogP contribution in [0.1, 0.15) is 107 Å². The first kappa shape index (κ1) is 35.9. The Morgan fingerprint density at radius 2 is 1.26 bits per heavy atom. The molecule has 0 aliphatic carbocycles. The van der Waals surface area contributed by atoms with E-state index < -0.39 is 26.0 Å². The standard InChI is InChI=1S/C32H46Cl2N2O5S/c1-3-4-5-6-7-8-9-10-11-12-13-14-15-16-24-42(39,40)36-28-19-17-18-27(25-28)35-31(38)32(33,34)30(37)26-20-22-29(41-2)23-21-26/h17-23,25,36H,3-16,24H2,1-2H3,(H,35,38). The third-order valence-electron chi connectivity index (χ3n) is 7.08. The predicted molar refractivity (Wildman–Crippen MR) is 175 cm³/mol. The second-order valence-corrected chi connectivity index (χ2v) is 13.9. The van der Waals surface area contributed by atoms with Crippen molar-refractivity contribution in [2.24, 2.45) is 0 Å². The first-order chi connectivity index (χ1) is 20.1. The van der Waals surface area contributed by atoms with Crippen molar-refractivity contribution in [3.63, 3.8) is 0 Å². The highest BCUT2D eigenvalue weighted by Gasteiger charge is 2.42. The van der Waals surface area contributed by atoms with Crippen LogP contribution < -0.4 is 14.8 Å². The van der Waals surface area contributed by atoms with Gasteiger partial charge in [0.25, 0.3) is 10.2 Å². The van der Waals surface area contributed by atoms with Crippen molar-refractivity contribution in [1.82, 2.24) is 0 Å². The maximum absolute atomic E-state index is 12.8. The fourth-order valence-electron chi connectivity index (χ4n) is 4.61. The Labute approximate surface area is 262 Å². The molecule has 0 radical (unpaired) electrons. The number of sulfonamides is 1. The topological polar surface area (TPSA) is 102 Å². The Bertz CT molecular complexity index is 1200. The SMILES string of the molecule is CCCCCCCCCCCCCCCCS(=O)(=O)Nc1cccc(NC(=O)C(Cl)(Cl)C(=O)c2ccc(OC)cc2)c1. The van der Waals surface area contributed by atoms with Gasteiger partial charge in [-0.15, -0.1) is 0 Å². The highest BCUT2D eigenvalue weighted by atomic mass is 35.5. The molecule has 0 aliphatic heterocycles. The van der Waals surface area contributed by atoms with Gasteiger partial charge in [-0.2, -0.15) is 0 Å². The smallest absolute Gasteiger partial charge is 0.269 e. The molecule has 0 aromatic heterocycles. The van der Waals surface area contributed by atoms with Crippen molar-refractivity contribution >= 4 is 56.3 Å². The molecule has 42 heavy (non-hydrogen) atoms. The highest BCUT2D eigenvalue weighted by Crippen LogP contribution is 2.29. The fourth-order valence-corrected chi connectivity index (χ4v) is 6.10. The highest BCUT2D eigenvalue weighted by molar-refractivity contribution is 7.92. The summed E-state index contributed by atoms with van der Waals surface area (Å²) in [6, 6.07) is 12.2. The molecule has 2 rings (SSSR count). The van der Waals surface area contributed by atoms with E-state index in [0.29, 0.717) is 12.2 Å². The van der Waals surface area contributed by atoms with Crippen LogP contribution in [-0.4, -0.2) is 37.3 Å². The van der Waals surface area contributed by atoms with Crippen LogP contribution >= 0.6 is 23.2 Å². The first-order valence-electron chi connectivity index (χ1n) is 15.1. The Morgan fingerprint density at radius 1 is 0.762 bits per heavy atom. The lowest BCUT2D eigenvalue weighted by atomic mass is 10.0. The summed E-state index contributed by atoms with van der Waals surface area (Å²) in [6.07, 6.45) is 16.8. The molecule has 0 heterocycles. The number of alkyl halides is 2. The summed E-state index contributed by atoms with van der Waals surface area (Å²) in [7, 11) is -2.07. The van der Waals surface area contributed by atoms with E-state index >= 15 is 0 Å². The summed E-state index contributed by atoms with van der Waals surface area (Å²) >= 11 is 12.3. The Kier molecular flexibility index (Phi) is 16.3. The van der Waals surface area contributed by atoms with Gasteiger partial charge in [0.2, 0.25) is 15.8 Å². The molecule has 0 unspecified atom stereocenters. The Balaban J connectivity index is 1.71. The molecule has 0 fully saturated rings. The van der Waals surface area contributed by atoms with Gasteiger partial charge < -0.3 is 10.1 Å². The normalized spacial score (nSPS) is 11.7. The zero-order valence-electron chi connectivity index (χ0n) is 24.9. The van der Waals surface area contributed by atoms with Crippen LogP contribution in [0.2, 0.25) is 0 Å². The minimum absolute atomic E-state index is 0.0183. The average molecular weight is 642 g/mol. The Morgan fingerprint density at radius 3 is 1.79 bits per heavy atom. The van der Waals surface area contributed by atoms with Crippen molar-refractivity contribution < 1.29 is 22.7 Å². The van der Waals surface area contributed by atoms with Crippen molar-refractivity contribution in [1.29, 1.82) is 0 Å². The molecule has 234 valence electrons. The number of methoxy groups -OCH3 is 1. The number of unbranched alkanes of at least 4 members (excludes halogenated alkanes) is 13. The maximum atomic E-state index is 12.8. The van der Waals surface area contributed by atoms with Crippen LogP contribution in [0, 0.1) is 0 Å². The largest absolute Gasteiger partial charge is 0.497 e. The van der Waals surface area contributed by atoms with Gasteiger partial charge in [0.1, 0.15) is 5.75 Å². The van der Waals surface area contributed by atoms with Crippen LogP contribution in [0.4, 0.5) is 11.4 Å². The quantitative estimate of drug-likeness (QED) is 0.0579. The van der Waals surface area contributed by atoms with E-state index in [1.54, 1.807) is 30.3 Å². The zero-order valence-corrected chi connectivity index (χ0v) is 27.3. The summed E-state index contributed by atoms with van der Waals surface area (Å²) in [4.78, 5) is 25.5. The molecule has 10 heteroatoms. The fraction of sp³-hybridized carbons (Fsp3) is 0.562. The lowest BCUT2D eigenvalue weighted by Crippen LogP contribution is -2.40. The van der Waals surface area contributed by atoms with E-state index in [2.05, 4.69) is 17.0 Å². The average Bonchev–Trinajstić information content (AvgIpc) is 2.96. The number of amides is 1. The van der Waals surface area contributed by atoms with E-state index in [1.807, 2.05) is 0 Å². The van der Waals surface area contributed by atoms with Gasteiger partial charge in [-0.25, -0.2) is 8.42 Å². The van der Waals surface area contributed by atoms with E-state index in [0.717, 1.165) is 19.3 Å². The van der Waals surface area contributed by atoms with Crippen LogP contribution in [0.3, 0.4) is 0 Å². The van der Waals surface area contributed by atoms with Gasteiger partial charge in [0.15, 0.2) is 0 Å². The maximum Gasteiger partial charge on any atom is 0.269 e. The van der Waals surface area contributed by atoms with Gasteiger partial charge >= 0.3 is 0 Å². The molecule has 0 saturated heterocycles. The summed E-state index contributed by atoms with van der Waals surface area (Å²) in [6.45, 7) is 2.24. The number of anilines is 2. The molecule has 0 spiro atoms. The number of ether oxygens (including phenoxy) is 1. The minimum Gasteiger partial charge on any atom is -0.497 e. The second kappa shape index (κ2) is 19.1. The second-order valence-electron chi connectivity index (χ2n) is 10.7. The Hall–Kier alpha value is -2.29. The molecule has 0 aliphatic rings. The molecule has 2 aromatic rings. The molecule has 0 saturated carbocycles.